The summed E-state index contributed by atoms with van der Waals surface area (Å²) < 4.78 is 0. The average Bonchev–Trinajstić information content (AvgIpc) is 2.35. The summed E-state index contributed by atoms with van der Waals surface area (Å²) in [5.41, 5.74) is 0.627. The molecular weight excluding hydrogens is 224 g/mol. The van der Waals surface area contributed by atoms with Gasteiger partial charge in [0.1, 0.15) is 0 Å². The topological polar surface area (TPSA) is 110 Å². The van der Waals surface area contributed by atoms with Gasteiger partial charge < -0.3 is 15.5 Å². The first kappa shape index (κ1) is 12.7. The number of nitriles is 1. The van der Waals surface area contributed by atoms with Gasteiger partial charge in [-0.2, -0.15) is 5.26 Å². The third kappa shape index (κ3) is 3.29. The fourth-order valence-corrected chi connectivity index (χ4v) is 1.12. The van der Waals surface area contributed by atoms with Gasteiger partial charge in [-0.15, -0.1) is 0 Å². The minimum atomic E-state index is -1.34. The molecule has 0 aliphatic rings. The number of hydrogen-bond donors (Lipinski definition) is 3. The van der Waals surface area contributed by atoms with E-state index in [0.717, 1.165) is 0 Å². The quantitative estimate of drug-likeness (QED) is 0.664. The van der Waals surface area contributed by atoms with E-state index >= 15 is 0 Å². The Bertz CT molecular complexity index is 461. The third-order valence-electron chi connectivity index (χ3n) is 2.06. The maximum Gasteiger partial charge on any atom is 0.328 e. The van der Waals surface area contributed by atoms with Gasteiger partial charge in [0.25, 0.3) is 5.91 Å². The van der Waals surface area contributed by atoms with Crippen LogP contribution in [-0.2, 0) is 4.79 Å². The highest BCUT2D eigenvalue weighted by atomic mass is 16.4. The Labute approximate surface area is 97.1 Å². The monoisotopic (exact) mass is 234 g/mol. The van der Waals surface area contributed by atoms with Crippen molar-refractivity contribution in [1.29, 1.82) is 5.26 Å². The number of carbonyl (C=O) groups excluding carboxylic acids is 1. The zero-order chi connectivity index (χ0) is 12.8. The molecular formula is C11H10N2O4. The summed E-state index contributed by atoms with van der Waals surface area (Å²) in [6.07, 6.45) is 0. The Morgan fingerprint density at radius 3 is 2.35 bits per heavy atom. The van der Waals surface area contributed by atoms with Gasteiger partial charge in [-0.3, -0.25) is 4.79 Å². The Kier molecular flexibility index (Phi) is 4.20. The van der Waals surface area contributed by atoms with Crippen LogP contribution in [0, 0.1) is 11.3 Å². The molecule has 0 fully saturated rings. The van der Waals surface area contributed by atoms with E-state index in [1.807, 2.05) is 6.07 Å². The van der Waals surface area contributed by atoms with E-state index in [9.17, 15) is 9.59 Å². The number of hydrogen-bond acceptors (Lipinski definition) is 4. The smallest absolute Gasteiger partial charge is 0.328 e. The van der Waals surface area contributed by atoms with Crippen molar-refractivity contribution < 1.29 is 19.8 Å². The Hall–Kier alpha value is -2.39. The van der Waals surface area contributed by atoms with Gasteiger partial charge in [0.2, 0.25) is 0 Å². The fourth-order valence-electron chi connectivity index (χ4n) is 1.12. The number of nitrogens with zero attached hydrogens (tertiary/aromatic N) is 1. The molecule has 0 aromatic heterocycles. The van der Waals surface area contributed by atoms with Crippen molar-refractivity contribution in [1.82, 2.24) is 5.32 Å². The molecule has 0 aliphatic heterocycles. The van der Waals surface area contributed by atoms with E-state index in [2.05, 4.69) is 5.32 Å². The highest BCUT2D eigenvalue weighted by Gasteiger charge is 2.19. The summed E-state index contributed by atoms with van der Waals surface area (Å²) in [5, 5.41) is 28.1. The molecule has 0 aliphatic carbocycles. The SMILES string of the molecule is N#Cc1ccc(C(=O)N[C@@H](CO)C(=O)O)cc1. The molecule has 1 aromatic carbocycles. The minimum absolute atomic E-state index is 0.226. The molecule has 1 amide bonds. The lowest BCUT2D eigenvalue weighted by molar-refractivity contribution is -0.140. The number of aliphatic hydroxyl groups is 1. The number of rotatable bonds is 4. The number of benzene rings is 1. The van der Waals surface area contributed by atoms with Crippen molar-refractivity contribution in [3.63, 3.8) is 0 Å². The molecule has 0 spiro atoms. The van der Waals surface area contributed by atoms with Gasteiger partial charge in [0.05, 0.1) is 18.2 Å². The highest BCUT2D eigenvalue weighted by molar-refractivity contribution is 5.96. The second kappa shape index (κ2) is 5.63. The van der Waals surface area contributed by atoms with E-state index in [-0.39, 0.29) is 5.56 Å². The largest absolute Gasteiger partial charge is 0.480 e. The van der Waals surface area contributed by atoms with Crippen LogP contribution < -0.4 is 5.32 Å². The molecule has 0 saturated carbocycles. The second-order valence-corrected chi connectivity index (χ2v) is 3.24. The number of aliphatic hydroxyl groups excluding tert-OH is 1. The van der Waals surface area contributed by atoms with Crippen LogP contribution in [-0.4, -0.2) is 34.7 Å². The molecule has 17 heavy (non-hydrogen) atoms. The first-order valence-electron chi connectivity index (χ1n) is 4.73. The number of amides is 1. The van der Waals surface area contributed by atoms with Crippen LogP contribution in [0.3, 0.4) is 0 Å². The fraction of sp³-hybridized carbons (Fsp3) is 0.182. The maximum atomic E-state index is 11.5. The lowest BCUT2D eigenvalue weighted by atomic mass is 10.1. The molecule has 0 bridgehead atoms. The summed E-state index contributed by atoms with van der Waals surface area (Å²) in [5.74, 6) is -1.93. The highest BCUT2D eigenvalue weighted by Crippen LogP contribution is 2.03. The number of aliphatic carboxylic acids is 1. The van der Waals surface area contributed by atoms with Crippen LogP contribution in [0.5, 0.6) is 0 Å². The third-order valence-corrected chi connectivity index (χ3v) is 2.06. The summed E-state index contributed by atoms with van der Waals surface area (Å²) >= 11 is 0. The number of carboxylic acid groups (broad SMARTS) is 1. The normalized spacial score (nSPS) is 11.3. The summed E-state index contributed by atoms with van der Waals surface area (Å²) in [6, 6.07) is 6.27. The average molecular weight is 234 g/mol. The molecule has 0 radical (unpaired) electrons. The number of carbonyl (C=O) groups is 2. The summed E-state index contributed by atoms with van der Waals surface area (Å²) in [6.45, 7) is -0.683. The van der Waals surface area contributed by atoms with Crippen molar-refractivity contribution >= 4 is 11.9 Å². The van der Waals surface area contributed by atoms with Crippen LogP contribution in [0.15, 0.2) is 24.3 Å². The zero-order valence-electron chi connectivity index (χ0n) is 8.75. The van der Waals surface area contributed by atoms with E-state index in [1.165, 1.54) is 24.3 Å². The number of nitrogens with one attached hydrogen (secondary N) is 1. The van der Waals surface area contributed by atoms with Gasteiger partial charge in [-0.25, -0.2) is 4.79 Å². The van der Waals surface area contributed by atoms with E-state index in [0.29, 0.717) is 5.56 Å². The molecule has 6 heteroatoms. The van der Waals surface area contributed by atoms with Crippen molar-refractivity contribution in [2.75, 3.05) is 6.61 Å². The molecule has 1 aromatic rings. The lowest BCUT2D eigenvalue weighted by Crippen LogP contribution is -2.43. The molecule has 88 valence electrons. The molecule has 1 rings (SSSR count). The number of carboxylic acids is 1. The van der Waals surface area contributed by atoms with Crippen molar-refractivity contribution in [2.24, 2.45) is 0 Å². The Morgan fingerprint density at radius 2 is 1.94 bits per heavy atom. The predicted octanol–water partition coefficient (Wildman–Crippen LogP) is -0.266. The van der Waals surface area contributed by atoms with Crippen LogP contribution >= 0.6 is 0 Å². The maximum absolute atomic E-state index is 11.5. The van der Waals surface area contributed by atoms with Crippen LogP contribution in [0.4, 0.5) is 0 Å². The molecule has 6 nitrogen and oxygen atoms in total. The van der Waals surface area contributed by atoms with Crippen LogP contribution in [0.1, 0.15) is 15.9 Å². The van der Waals surface area contributed by atoms with E-state index in [4.69, 9.17) is 15.5 Å². The van der Waals surface area contributed by atoms with Gasteiger partial charge in [-0.05, 0) is 24.3 Å². The predicted molar refractivity (Wildman–Crippen MR) is 57.1 cm³/mol. The van der Waals surface area contributed by atoms with Crippen molar-refractivity contribution in [3.8, 4) is 6.07 Å². The molecule has 3 N–H and O–H groups in total. The summed E-state index contributed by atoms with van der Waals surface area (Å²) in [7, 11) is 0. The van der Waals surface area contributed by atoms with E-state index < -0.39 is 24.5 Å². The van der Waals surface area contributed by atoms with E-state index in [1.54, 1.807) is 0 Å². The zero-order valence-corrected chi connectivity index (χ0v) is 8.75. The molecule has 0 saturated heterocycles. The first-order valence-corrected chi connectivity index (χ1v) is 4.73. The first-order chi connectivity index (χ1) is 8.08. The van der Waals surface area contributed by atoms with Crippen LogP contribution in [0.2, 0.25) is 0 Å². The summed E-state index contributed by atoms with van der Waals surface area (Å²) in [4.78, 5) is 22.1. The molecule has 1 atom stereocenters. The lowest BCUT2D eigenvalue weighted by Gasteiger charge is -2.11. The Balaban J connectivity index is 2.76. The van der Waals surface area contributed by atoms with Crippen LogP contribution in [0.25, 0.3) is 0 Å². The van der Waals surface area contributed by atoms with Gasteiger partial charge in [-0.1, -0.05) is 0 Å². The Morgan fingerprint density at radius 1 is 1.35 bits per heavy atom. The molecule has 0 heterocycles. The van der Waals surface area contributed by atoms with Gasteiger partial charge >= 0.3 is 5.97 Å². The second-order valence-electron chi connectivity index (χ2n) is 3.24. The standard InChI is InChI=1S/C11H10N2O4/c12-5-7-1-3-8(4-2-7)10(15)13-9(6-14)11(16)17/h1-4,9,14H,6H2,(H,13,15)(H,16,17)/t9-/m0/s1. The molecule has 0 unspecified atom stereocenters. The van der Waals surface area contributed by atoms with Crippen molar-refractivity contribution in [3.05, 3.63) is 35.4 Å². The van der Waals surface area contributed by atoms with Gasteiger partial charge in [0.15, 0.2) is 6.04 Å². The van der Waals surface area contributed by atoms with Gasteiger partial charge in [0, 0.05) is 5.56 Å². The minimum Gasteiger partial charge on any atom is -0.480 e. The van der Waals surface area contributed by atoms with Crippen molar-refractivity contribution in [2.45, 2.75) is 6.04 Å².